The Hall–Kier alpha value is -3.86. The van der Waals surface area contributed by atoms with Gasteiger partial charge < -0.3 is 16.0 Å². The minimum Gasteiger partial charge on any atom is -0.351 e. The number of piperidine rings is 1. The number of benzene rings is 2. The first kappa shape index (κ1) is 24.8. The van der Waals surface area contributed by atoms with Crippen molar-refractivity contribution in [3.8, 4) is 0 Å². The molecule has 0 radical (unpaired) electrons. The van der Waals surface area contributed by atoms with Gasteiger partial charge >= 0.3 is 6.18 Å². The van der Waals surface area contributed by atoms with Crippen LogP contribution >= 0.6 is 0 Å². The SMILES string of the molecule is Cn1c(NCc2ccccc2)nc2nc(N3CCCC(N)C3)n(Cc3cccc(C(F)(F)F)c3)c2c1=O. The van der Waals surface area contributed by atoms with E-state index in [1.807, 2.05) is 35.2 Å². The smallest absolute Gasteiger partial charge is 0.351 e. The van der Waals surface area contributed by atoms with Crippen LogP contribution in [-0.2, 0) is 26.3 Å². The van der Waals surface area contributed by atoms with E-state index in [1.54, 1.807) is 17.7 Å². The van der Waals surface area contributed by atoms with Crippen LogP contribution in [0.1, 0.15) is 29.5 Å². The maximum Gasteiger partial charge on any atom is 0.416 e. The molecule has 1 atom stereocenters. The fourth-order valence-electron chi connectivity index (χ4n) is 4.69. The molecule has 194 valence electrons. The molecule has 8 nitrogen and oxygen atoms in total. The zero-order valence-electron chi connectivity index (χ0n) is 20.4. The standard InChI is InChI=1S/C26H28F3N7O/c1-34-23(37)21-22(32-24(34)31-14-17-7-3-2-4-8-17)33-25(35-12-6-11-20(30)16-35)36(21)15-18-9-5-10-19(13-18)26(27,28)29/h2-5,7-10,13,20H,6,11-12,14-16,30H2,1H3,(H,31,32). The predicted molar refractivity (Wildman–Crippen MR) is 137 cm³/mol. The topological polar surface area (TPSA) is 94.0 Å². The molecule has 2 aromatic carbocycles. The minimum atomic E-state index is -4.47. The number of hydrogen-bond acceptors (Lipinski definition) is 6. The van der Waals surface area contributed by atoms with Crippen LogP contribution in [0.5, 0.6) is 0 Å². The molecule has 2 aromatic heterocycles. The lowest BCUT2D eigenvalue weighted by Gasteiger charge is -2.31. The van der Waals surface area contributed by atoms with Crippen LogP contribution in [0, 0.1) is 0 Å². The summed E-state index contributed by atoms with van der Waals surface area (Å²) in [6.07, 6.45) is -2.74. The highest BCUT2D eigenvalue weighted by molar-refractivity contribution is 5.75. The highest BCUT2D eigenvalue weighted by Crippen LogP contribution is 2.31. The number of nitrogens with two attached hydrogens (primary N) is 1. The number of halogens is 3. The van der Waals surface area contributed by atoms with Gasteiger partial charge in [-0.05, 0) is 36.1 Å². The summed E-state index contributed by atoms with van der Waals surface area (Å²) in [5, 5.41) is 3.20. The van der Waals surface area contributed by atoms with E-state index < -0.39 is 11.7 Å². The van der Waals surface area contributed by atoms with Crippen molar-refractivity contribution in [2.24, 2.45) is 12.8 Å². The van der Waals surface area contributed by atoms with Crippen LogP contribution in [0.4, 0.5) is 25.1 Å². The van der Waals surface area contributed by atoms with Gasteiger partial charge in [0, 0.05) is 32.7 Å². The van der Waals surface area contributed by atoms with Crippen LogP contribution in [0.2, 0.25) is 0 Å². The Bertz CT molecular complexity index is 1460. The summed E-state index contributed by atoms with van der Waals surface area (Å²) < 4.78 is 43.1. The van der Waals surface area contributed by atoms with Crippen molar-refractivity contribution in [2.75, 3.05) is 23.3 Å². The summed E-state index contributed by atoms with van der Waals surface area (Å²) >= 11 is 0. The lowest BCUT2D eigenvalue weighted by atomic mass is 10.1. The largest absolute Gasteiger partial charge is 0.416 e. The van der Waals surface area contributed by atoms with Gasteiger partial charge in [-0.3, -0.25) is 13.9 Å². The van der Waals surface area contributed by atoms with Gasteiger partial charge in [0.25, 0.3) is 5.56 Å². The van der Waals surface area contributed by atoms with E-state index in [-0.39, 0.29) is 29.3 Å². The maximum absolute atomic E-state index is 13.6. The second-order valence-electron chi connectivity index (χ2n) is 9.36. The summed E-state index contributed by atoms with van der Waals surface area (Å²) in [4.78, 5) is 24.9. The Morgan fingerprint density at radius 1 is 1.08 bits per heavy atom. The Balaban J connectivity index is 1.59. The van der Waals surface area contributed by atoms with Gasteiger partial charge in [0.05, 0.1) is 12.1 Å². The number of aromatic nitrogens is 4. The van der Waals surface area contributed by atoms with E-state index in [1.165, 1.54) is 10.6 Å². The molecule has 1 fully saturated rings. The third-order valence-electron chi connectivity index (χ3n) is 6.59. The highest BCUT2D eigenvalue weighted by atomic mass is 19.4. The Morgan fingerprint density at radius 3 is 2.57 bits per heavy atom. The van der Waals surface area contributed by atoms with E-state index in [0.29, 0.717) is 37.1 Å². The molecule has 0 aliphatic carbocycles. The number of rotatable bonds is 6. The molecular formula is C26H28F3N7O. The second kappa shape index (κ2) is 9.89. The molecule has 5 rings (SSSR count). The van der Waals surface area contributed by atoms with Crippen molar-refractivity contribution < 1.29 is 13.2 Å². The predicted octanol–water partition coefficient (Wildman–Crippen LogP) is 3.74. The number of nitrogens with zero attached hydrogens (tertiary/aromatic N) is 5. The zero-order valence-corrected chi connectivity index (χ0v) is 20.4. The van der Waals surface area contributed by atoms with Gasteiger partial charge in [-0.1, -0.05) is 42.5 Å². The van der Waals surface area contributed by atoms with E-state index in [4.69, 9.17) is 10.7 Å². The monoisotopic (exact) mass is 511 g/mol. The first-order valence-electron chi connectivity index (χ1n) is 12.1. The van der Waals surface area contributed by atoms with Gasteiger partial charge in [-0.15, -0.1) is 0 Å². The van der Waals surface area contributed by atoms with Crippen LogP contribution in [-0.4, -0.2) is 38.2 Å². The summed E-state index contributed by atoms with van der Waals surface area (Å²) in [7, 11) is 1.61. The number of imidazole rings is 1. The Labute approximate surface area is 211 Å². The summed E-state index contributed by atoms with van der Waals surface area (Å²) in [6, 6.07) is 14.8. The molecule has 4 aromatic rings. The minimum absolute atomic E-state index is 0.0369. The molecule has 0 amide bonds. The summed E-state index contributed by atoms with van der Waals surface area (Å²) in [5.41, 5.74) is 7.03. The van der Waals surface area contributed by atoms with Gasteiger partial charge in [0.1, 0.15) is 0 Å². The fourth-order valence-corrected chi connectivity index (χ4v) is 4.69. The highest BCUT2D eigenvalue weighted by Gasteiger charge is 2.31. The van der Waals surface area contributed by atoms with Crippen LogP contribution < -0.4 is 21.5 Å². The number of alkyl halides is 3. The first-order chi connectivity index (χ1) is 17.7. The first-order valence-corrected chi connectivity index (χ1v) is 12.1. The van der Waals surface area contributed by atoms with Crippen molar-refractivity contribution in [3.63, 3.8) is 0 Å². The van der Waals surface area contributed by atoms with Gasteiger partial charge in [0.2, 0.25) is 11.9 Å². The van der Waals surface area contributed by atoms with Crippen molar-refractivity contribution in [1.29, 1.82) is 0 Å². The summed E-state index contributed by atoms with van der Waals surface area (Å²) in [5.74, 6) is 0.833. The molecular weight excluding hydrogens is 483 g/mol. The number of anilines is 2. The second-order valence-corrected chi connectivity index (χ2v) is 9.36. The van der Waals surface area contributed by atoms with Crippen molar-refractivity contribution in [2.45, 2.75) is 38.1 Å². The van der Waals surface area contributed by atoms with Crippen molar-refractivity contribution in [3.05, 3.63) is 81.6 Å². The van der Waals surface area contributed by atoms with Gasteiger partial charge in [0.15, 0.2) is 11.2 Å². The van der Waals surface area contributed by atoms with Crippen molar-refractivity contribution in [1.82, 2.24) is 19.1 Å². The molecule has 3 N–H and O–H groups in total. The molecule has 0 spiro atoms. The number of fused-ring (bicyclic) bond motifs is 1. The van der Waals surface area contributed by atoms with E-state index >= 15 is 0 Å². The molecule has 3 heterocycles. The average Bonchev–Trinajstić information content (AvgIpc) is 3.23. The van der Waals surface area contributed by atoms with E-state index in [9.17, 15) is 18.0 Å². The van der Waals surface area contributed by atoms with Crippen LogP contribution in [0.25, 0.3) is 11.2 Å². The van der Waals surface area contributed by atoms with Gasteiger partial charge in [-0.25, -0.2) is 0 Å². The molecule has 1 aliphatic heterocycles. The van der Waals surface area contributed by atoms with Crippen LogP contribution in [0.15, 0.2) is 59.4 Å². The molecule has 0 saturated carbocycles. The lowest BCUT2D eigenvalue weighted by Crippen LogP contribution is -2.44. The molecule has 37 heavy (non-hydrogen) atoms. The Kier molecular flexibility index (Phi) is 6.63. The normalized spacial score (nSPS) is 16.4. The molecule has 11 heteroatoms. The molecule has 1 aliphatic rings. The molecule has 0 bridgehead atoms. The third-order valence-corrected chi connectivity index (χ3v) is 6.59. The molecule has 1 unspecified atom stereocenters. The molecule has 1 saturated heterocycles. The quantitative estimate of drug-likeness (QED) is 0.410. The number of nitrogens with one attached hydrogen (secondary N) is 1. The van der Waals surface area contributed by atoms with Crippen molar-refractivity contribution >= 4 is 23.1 Å². The third kappa shape index (κ3) is 5.17. The average molecular weight is 512 g/mol. The zero-order chi connectivity index (χ0) is 26.2. The number of hydrogen-bond donors (Lipinski definition) is 2. The van der Waals surface area contributed by atoms with E-state index in [2.05, 4.69) is 10.3 Å². The fraction of sp³-hybridized carbons (Fsp3) is 0.346. The van der Waals surface area contributed by atoms with Crippen LogP contribution in [0.3, 0.4) is 0 Å². The summed E-state index contributed by atoms with van der Waals surface area (Å²) in [6.45, 7) is 1.71. The van der Waals surface area contributed by atoms with Gasteiger partial charge in [-0.2, -0.15) is 23.1 Å². The van der Waals surface area contributed by atoms with E-state index in [0.717, 1.165) is 30.5 Å². The Morgan fingerprint density at radius 2 is 1.84 bits per heavy atom. The lowest BCUT2D eigenvalue weighted by molar-refractivity contribution is -0.137. The maximum atomic E-state index is 13.6.